The van der Waals surface area contributed by atoms with Gasteiger partial charge in [0.05, 0.1) is 12.2 Å². The molecule has 0 fully saturated rings. The SMILES string of the molecule is CCOc1cccc(C(=O)c2cc(Cl)ccc2F)c1. The second-order valence-electron chi connectivity index (χ2n) is 3.91. The van der Waals surface area contributed by atoms with Crippen molar-refractivity contribution in [1.82, 2.24) is 0 Å². The third kappa shape index (κ3) is 3.12. The molecule has 0 atom stereocenters. The topological polar surface area (TPSA) is 26.3 Å². The largest absolute Gasteiger partial charge is 0.494 e. The summed E-state index contributed by atoms with van der Waals surface area (Å²) in [6.45, 7) is 2.36. The van der Waals surface area contributed by atoms with Gasteiger partial charge >= 0.3 is 0 Å². The summed E-state index contributed by atoms with van der Waals surface area (Å²) in [5.74, 6) is -0.423. The Kier molecular flexibility index (Phi) is 4.17. The van der Waals surface area contributed by atoms with E-state index < -0.39 is 11.6 Å². The summed E-state index contributed by atoms with van der Waals surface area (Å²) >= 11 is 5.79. The minimum absolute atomic E-state index is 0.0406. The van der Waals surface area contributed by atoms with Crippen LogP contribution in [0.5, 0.6) is 5.75 Å². The molecule has 0 amide bonds. The van der Waals surface area contributed by atoms with Crippen LogP contribution in [-0.4, -0.2) is 12.4 Å². The van der Waals surface area contributed by atoms with Crippen molar-refractivity contribution in [1.29, 1.82) is 0 Å². The maximum atomic E-state index is 13.6. The molecule has 0 aliphatic heterocycles. The normalized spacial score (nSPS) is 10.3. The van der Waals surface area contributed by atoms with Gasteiger partial charge in [0.25, 0.3) is 0 Å². The zero-order chi connectivity index (χ0) is 13.8. The fourth-order valence-electron chi connectivity index (χ4n) is 1.72. The number of rotatable bonds is 4. The number of hydrogen-bond acceptors (Lipinski definition) is 2. The van der Waals surface area contributed by atoms with E-state index in [-0.39, 0.29) is 5.56 Å². The summed E-state index contributed by atoms with van der Waals surface area (Å²) < 4.78 is 19.0. The van der Waals surface area contributed by atoms with E-state index in [2.05, 4.69) is 0 Å². The molecule has 0 aliphatic carbocycles. The van der Waals surface area contributed by atoms with Crippen molar-refractivity contribution in [2.24, 2.45) is 0 Å². The van der Waals surface area contributed by atoms with Crippen molar-refractivity contribution in [2.45, 2.75) is 6.92 Å². The quantitative estimate of drug-likeness (QED) is 0.787. The molecule has 2 rings (SSSR count). The molecule has 0 heterocycles. The van der Waals surface area contributed by atoms with E-state index in [9.17, 15) is 9.18 Å². The maximum absolute atomic E-state index is 13.6. The van der Waals surface area contributed by atoms with E-state index in [1.807, 2.05) is 6.92 Å². The van der Waals surface area contributed by atoms with E-state index >= 15 is 0 Å². The van der Waals surface area contributed by atoms with Crippen molar-refractivity contribution in [3.05, 3.63) is 64.4 Å². The molecule has 0 bridgehead atoms. The number of ether oxygens (including phenoxy) is 1. The van der Waals surface area contributed by atoms with Gasteiger partial charge in [0.1, 0.15) is 11.6 Å². The predicted octanol–water partition coefficient (Wildman–Crippen LogP) is 4.11. The number of carbonyl (C=O) groups excluding carboxylic acids is 1. The minimum Gasteiger partial charge on any atom is -0.494 e. The Bertz CT molecular complexity index is 611. The highest BCUT2D eigenvalue weighted by atomic mass is 35.5. The summed E-state index contributed by atoms with van der Waals surface area (Å²) in [4.78, 5) is 12.2. The fraction of sp³-hybridized carbons (Fsp3) is 0.133. The Morgan fingerprint density at radius 3 is 2.79 bits per heavy atom. The van der Waals surface area contributed by atoms with E-state index in [1.165, 1.54) is 18.2 Å². The summed E-state index contributed by atoms with van der Waals surface area (Å²) in [6, 6.07) is 10.6. The number of carbonyl (C=O) groups is 1. The van der Waals surface area contributed by atoms with Gasteiger partial charge in [-0.3, -0.25) is 4.79 Å². The molecule has 19 heavy (non-hydrogen) atoms. The third-order valence-electron chi connectivity index (χ3n) is 2.58. The molecule has 0 radical (unpaired) electrons. The fourth-order valence-corrected chi connectivity index (χ4v) is 1.89. The van der Waals surface area contributed by atoms with Crippen LogP contribution in [0.3, 0.4) is 0 Å². The summed E-state index contributed by atoms with van der Waals surface area (Å²) in [7, 11) is 0. The van der Waals surface area contributed by atoms with Crippen molar-refractivity contribution in [3.63, 3.8) is 0 Å². The molecule has 2 aromatic rings. The first kappa shape index (κ1) is 13.6. The van der Waals surface area contributed by atoms with Gasteiger partial charge in [0.15, 0.2) is 5.78 Å². The molecule has 98 valence electrons. The van der Waals surface area contributed by atoms with E-state index in [0.29, 0.717) is 22.9 Å². The molecule has 4 heteroatoms. The van der Waals surface area contributed by atoms with Crippen LogP contribution >= 0.6 is 11.6 Å². The molecule has 0 saturated heterocycles. The predicted molar refractivity (Wildman–Crippen MR) is 72.5 cm³/mol. The van der Waals surface area contributed by atoms with Crippen LogP contribution in [0, 0.1) is 5.82 Å². The molecule has 0 unspecified atom stereocenters. The Balaban J connectivity index is 2.38. The van der Waals surface area contributed by atoms with Crippen LogP contribution < -0.4 is 4.74 Å². The van der Waals surface area contributed by atoms with Gasteiger partial charge < -0.3 is 4.74 Å². The van der Waals surface area contributed by atoms with Crippen molar-refractivity contribution >= 4 is 17.4 Å². The van der Waals surface area contributed by atoms with Gasteiger partial charge in [-0.25, -0.2) is 4.39 Å². The van der Waals surface area contributed by atoms with E-state index in [0.717, 1.165) is 0 Å². The number of benzene rings is 2. The van der Waals surface area contributed by atoms with Gasteiger partial charge in [-0.05, 0) is 37.3 Å². The molecule has 0 spiro atoms. The molecule has 2 nitrogen and oxygen atoms in total. The van der Waals surface area contributed by atoms with Crippen molar-refractivity contribution < 1.29 is 13.9 Å². The first-order chi connectivity index (χ1) is 9.11. The number of ketones is 1. The standard InChI is InChI=1S/C15H12ClFO2/c1-2-19-12-5-3-4-10(8-12)15(18)13-9-11(16)6-7-14(13)17/h3-9H,2H2,1H3. The lowest BCUT2D eigenvalue weighted by atomic mass is 10.0. The van der Waals surface area contributed by atoms with Crippen molar-refractivity contribution in [3.8, 4) is 5.75 Å². The van der Waals surface area contributed by atoms with Crippen molar-refractivity contribution in [2.75, 3.05) is 6.61 Å². The lowest BCUT2D eigenvalue weighted by Gasteiger charge is -2.06. The highest BCUT2D eigenvalue weighted by Gasteiger charge is 2.15. The molecule has 2 aromatic carbocycles. The first-order valence-corrected chi connectivity index (χ1v) is 6.22. The number of halogens is 2. The second-order valence-corrected chi connectivity index (χ2v) is 4.35. The molecule has 0 saturated carbocycles. The molecular weight excluding hydrogens is 267 g/mol. The Morgan fingerprint density at radius 2 is 2.05 bits per heavy atom. The smallest absolute Gasteiger partial charge is 0.196 e. The van der Waals surface area contributed by atoms with Gasteiger partial charge in [0.2, 0.25) is 0 Å². The average Bonchev–Trinajstić information content (AvgIpc) is 2.41. The van der Waals surface area contributed by atoms with Crippen LogP contribution in [0.2, 0.25) is 5.02 Å². The molecule has 0 aliphatic rings. The Morgan fingerprint density at radius 1 is 1.26 bits per heavy atom. The lowest BCUT2D eigenvalue weighted by molar-refractivity contribution is 0.103. The van der Waals surface area contributed by atoms with E-state index in [4.69, 9.17) is 16.3 Å². The zero-order valence-corrected chi connectivity index (χ0v) is 11.1. The minimum atomic E-state index is -0.587. The van der Waals surface area contributed by atoms with E-state index in [1.54, 1.807) is 24.3 Å². The number of hydrogen-bond donors (Lipinski definition) is 0. The van der Waals surface area contributed by atoms with Gasteiger partial charge in [0, 0.05) is 10.6 Å². The van der Waals surface area contributed by atoms with Gasteiger partial charge in [-0.2, -0.15) is 0 Å². The average molecular weight is 279 g/mol. The molecule has 0 N–H and O–H groups in total. The molecule has 0 aromatic heterocycles. The maximum Gasteiger partial charge on any atom is 0.196 e. The molecular formula is C15H12ClFO2. The first-order valence-electron chi connectivity index (χ1n) is 5.84. The monoisotopic (exact) mass is 278 g/mol. The van der Waals surface area contributed by atoms with Crippen LogP contribution in [0.4, 0.5) is 4.39 Å². The third-order valence-corrected chi connectivity index (χ3v) is 2.82. The van der Waals surface area contributed by atoms with Crippen LogP contribution in [0.25, 0.3) is 0 Å². The van der Waals surface area contributed by atoms with Crippen LogP contribution in [-0.2, 0) is 0 Å². The van der Waals surface area contributed by atoms with Gasteiger partial charge in [-0.1, -0.05) is 23.7 Å². The van der Waals surface area contributed by atoms with Crippen LogP contribution in [0.1, 0.15) is 22.8 Å². The highest BCUT2D eigenvalue weighted by molar-refractivity contribution is 6.31. The Hall–Kier alpha value is -1.87. The highest BCUT2D eigenvalue weighted by Crippen LogP contribution is 2.21. The lowest BCUT2D eigenvalue weighted by Crippen LogP contribution is -2.04. The summed E-state index contributed by atoms with van der Waals surface area (Å²) in [5.41, 5.74) is 0.327. The van der Waals surface area contributed by atoms with Crippen LogP contribution in [0.15, 0.2) is 42.5 Å². The van der Waals surface area contributed by atoms with Gasteiger partial charge in [-0.15, -0.1) is 0 Å². The zero-order valence-electron chi connectivity index (χ0n) is 10.3. The summed E-state index contributed by atoms with van der Waals surface area (Å²) in [6.07, 6.45) is 0. The Labute approximate surface area is 115 Å². The second kappa shape index (κ2) is 5.85. The summed E-state index contributed by atoms with van der Waals surface area (Å²) in [5, 5.41) is 0.325.